The molecule has 1 aliphatic heterocycles. The van der Waals surface area contributed by atoms with Crippen LogP contribution in [0.2, 0.25) is 0 Å². The summed E-state index contributed by atoms with van der Waals surface area (Å²) in [6.45, 7) is 9.98. The van der Waals surface area contributed by atoms with Gasteiger partial charge in [0.05, 0.1) is 13.7 Å². The molecule has 1 aliphatic rings. The van der Waals surface area contributed by atoms with E-state index in [0.717, 1.165) is 44.0 Å². The Morgan fingerprint density at radius 2 is 2.04 bits per heavy atom. The lowest BCUT2D eigenvalue weighted by Crippen LogP contribution is -2.49. The molecule has 1 aromatic rings. The normalized spacial score (nSPS) is 16.3. The fraction of sp³-hybridized carbons (Fsp3) is 0.632. The van der Waals surface area contributed by atoms with Crippen molar-refractivity contribution in [3.63, 3.8) is 0 Å². The first kappa shape index (κ1) is 23.0. The lowest BCUT2D eigenvalue weighted by Gasteiger charge is -2.35. The van der Waals surface area contributed by atoms with Gasteiger partial charge in [0.25, 0.3) is 0 Å². The summed E-state index contributed by atoms with van der Waals surface area (Å²) in [7, 11) is 1.47. The fourth-order valence-electron chi connectivity index (χ4n) is 3.05. The van der Waals surface area contributed by atoms with E-state index in [2.05, 4.69) is 34.4 Å². The largest absolute Gasteiger partial charge is 0.494 e. The van der Waals surface area contributed by atoms with Gasteiger partial charge in [-0.3, -0.25) is 0 Å². The molecule has 1 aromatic carbocycles. The molecule has 1 heterocycles. The van der Waals surface area contributed by atoms with Crippen molar-refractivity contribution in [3.8, 4) is 5.75 Å². The minimum absolute atomic E-state index is 0. The average molecular weight is 478 g/mol. The molecule has 0 unspecified atom stereocenters. The second kappa shape index (κ2) is 11.6. The van der Waals surface area contributed by atoms with Crippen molar-refractivity contribution in [3.05, 3.63) is 29.6 Å². The van der Waals surface area contributed by atoms with E-state index in [1.54, 1.807) is 6.07 Å². The Morgan fingerprint density at radius 1 is 1.35 bits per heavy atom. The predicted octanol–water partition coefficient (Wildman–Crippen LogP) is 3.38. The van der Waals surface area contributed by atoms with Crippen LogP contribution in [0.15, 0.2) is 23.2 Å². The van der Waals surface area contributed by atoms with Gasteiger partial charge in [-0.15, -0.1) is 24.0 Å². The minimum atomic E-state index is -0.353. The highest BCUT2D eigenvalue weighted by Gasteiger charge is 2.21. The van der Waals surface area contributed by atoms with Gasteiger partial charge < -0.3 is 20.3 Å². The summed E-state index contributed by atoms with van der Waals surface area (Å²) >= 11 is 0. The SMILES string of the molecule is CCNC(=NCc1ccc(OC)c(F)c1)NC1CCN(C(C)C)CC1.I. The zero-order valence-electron chi connectivity index (χ0n) is 16.2. The standard InChI is InChI=1S/C19H31FN4O.HI/c1-5-21-19(23-16-8-10-24(11-9-16)14(2)3)22-13-15-6-7-18(25-4)17(20)12-15;/h6-7,12,14,16H,5,8-11,13H2,1-4H3,(H2,21,22,23);1H. The average Bonchev–Trinajstić information content (AvgIpc) is 2.60. The van der Waals surface area contributed by atoms with Crippen LogP contribution >= 0.6 is 24.0 Å². The van der Waals surface area contributed by atoms with Crippen LogP contribution in [0.1, 0.15) is 39.2 Å². The summed E-state index contributed by atoms with van der Waals surface area (Å²) in [4.78, 5) is 7.10. The first-order chi connectivity index (χ1) is 12.0. The number of aliphatic imine (C=N–C) groups is 1. The number of hydrogen-bond acceptors (Lipinski definition) is 3. The van der Waals surface area contributed by atoms with Gasteiger partial charge in [0.15, 0.2) is 17.5 Å². The molecule has 26 heavy (non-hydrogen) atoms. The van der Waals surface area contributed by atoms with E-state index in [9.17, 15) is 4.39 Å². The van der Waals surface area contributed by atoms with E-state index in [1.807, 2.05) is 13.0 Å². The monoisotopic (exact) mass is 478 g/mol. The third-order valence-electron chi connectivity index (χ3n) is 4.58. The number of guanidine groups is 1. The second-order valence-electron chi connectivity index (χ2n) is 6.71. The zero-order valence-corrected chi connectivity index (χ0v) is 18.5. The summed E-state index contributed by atoms with van der Waals surface area (Å²) in [6.07, 6.45) is 2.22. The second-order valence-corrected chi connectivity index (χ2v) is 6.71. The Hall–Kier alpha value is -1.09. The lowest BCUT2D eigenvalue weighted by atomic mass is 10.0. The molecule has 5 nitrogen and oxygen atoms in total. The smallest absolute Gasteiger partial charge is 0.191 e. The molecular weight excluding hydrogens is 446 g/mol. The summed E-state index contributed by atoms with van der Waals surface area (Å²) in [5.74, 6) is 0.700. The van der Waals surface area contributed by atoms with Crippen molar-refractivity contribution in [2.24, 2.45) is 4.99 Å². The quantitative estimate of drug-likeness (QED) is 0.374. The predicted molar refractivity (Wildman–Crippen MR) is 116 cm³/mol. The van der Waals surface area contributed by atoms with Crippen LogP contribution in [0.3, 0.4) is 0 Å². The van der Waals surface area contributed by atoms with Crippen LogP contribution < -0.4 is 15.4 Å². The van der Waals surface area contributed by atoms with Gasteiger partial charge >= 0.3 is 0 Å². The number of benzene rings is 1. The summed E-state index contributed by atoms with van der Waals surface area (Å²) in [5, 5.41) is 6.80. The van der Waals surface area contributed by atoms with E-state index in [0.29, 0.717) is 18.6 Å². The molecule has 0 saturated carbocycles. The van der Waals surface area contributed by atoms with Crippen LogP contribution in [0.5, 0.6) is 5.75 Å². The molecule has 1 fully saturated rings. The number of ether oxygens (including phenoxy) is 1. The van der Waals surface area contributed by atoms with Gasteiger partial charge in [0.1, 0.15) is 0 Å². The number of nitrogens with one attached hydrogen (secondary N) is 2. The van der Waals surface area contributed by atoms with E-state index in [1.165, 1.54) is 13.2 Å². The zero-order chi connectivity index (χ0) is 18.2. The van der Waals surface area contributed by atoms with Crippen LogP contribution in [0, 0.1) is 5.82 Å². The van der Waals surface area contributed by atoms with Crippen molar-refractivity contribution in [1.82, 2.24) is 15.5 Å². The maximum Gasteiger partial charge on any atom is 0.191 e. The summed E-state index contributed by atoms with van der Waals surface area (Å²) < 4.78 is 18.7. The van der Waals surface area contributed by atoms with Crippen molar-refractivity contribution in [2.75, 3.05) is 26.7 Å². The maximum absolute atomic E-state index is 13.8. The van der Waals surface area contributed by atoms with E-state index in [4.69, 9.17) is 4.74 Å². The Labute approximate surface area is 173 Å². The molecule has 2 rings (SSSR count). The van der Waals surface area contributed by atoms with Gasteiger partial charge in [0, 0.05) is 31.7 Å². The Balaban J connectivity index is 0.00000338. The number of hydrogen-bond donors (Lipinski definition) is 2. The highest BCUT2D eigenvalue weighted by Crippen LogP contribution is 2.18. The molecule has 0 amide bonds. The summed E-state index contributed by atoms with van der Waals surface area (Å²) in [6, 6.07) is 6.00. The number of methoxy groups -OCH3 is 1. The molecule has 0 spiro atoms. The molecule has 0 radical (unpaired) electrons. The van der Waals surface area contributed by atoms with E-state index < -0.39 is 0 Å². The van der Waals surface area contributed by atoms with Gasteiger partial charge in [-0.25, -0.2) is 9.38 Å². The molecule has 2 N–H and O–H groups in total. The highest BCUT2D eigenvalue weighted by molar-refractivity contribution is 14.0. The topological polar surface area (TPSA) is 48.9 Å². The number of nitrogens with zero attached hydrogens (tertiary/aromatic N) is 2. The number of likely N-dealkylation sites (tertiary alicyclic amines) is 1. The van der Waals surface area contributed by atoms with Crippen LogP contribution in [0.4, 0.5) is 4.39 Å². The van der Waals surface area contributed by atoms with Gasteiger partial charge in [0.2, 0.25) is 0 Å². The van der Waals surface area contributed by atoms with Crippen LogP contribution in [0.25, 0.3) is 0 Å². The molecule has 7 heteroatoms. The Morgan fingerprint density at radius 3 is 2.58 bits per heavy atom. The first-order valence-corrected chi connectivity index (χ1v) is 9.14. The first-order valence-electron chi connectivity index (χ1n) is 9.14. The number of rotatable bonds is 6. The summed E-state index contributed by atoms with van der Waals surface area (Å²) in [5.41, 5.74) is 0.824. The Bertz CT molecular complexity index is 575. The number of halogens is 2. The van der Waals surface area contributed by atoms with Gasteiger partial charge in [-0.05, 0) is 51.3 Å². The van der Waals surface area contributed by atoms with Crippen molar-refractivity contribution < 1.29 is 9.13 Å². The molecule has 0 atom stereocenters. The molecule has 0 aliphatic carbocycles. The molecule has 0 bridgehead atoms. The van der Waals surface area contributed by atoms with Crippen LogP contribution in [-0.2, 0) is 6.54 Å². The van der Waals surface area contributed by atoms with Crippen molar-refractivity contribution in [1.29, 1.82) is 0 Å². The third-order valence-corrected chi connectivity index (χ3v) is 4.58. The molecule has 148 valence electrons. The molecule has 1 saturated heterocycles. The van der Waals surface area contributed by atoms with Gasteiger partial charge in [-0.2, -0.15) is 0 Å². The van der Waals surface area contributed by atoms with E-state index >= 15 is 0 Å². The molecular formula is C19H32FIN4O. The number of piperidine rings is 1. The minimum Gasteiger partial charge on any atom is -0.494 e. The lowest BCUT2D eigenvalue weighted by molar-refractivity contribution is 0.167. The van der Waals surface area contributed by atoms with Gasteiger partial charge in [-0.1, -0.05) is 6.07 Å². The van der Waals surface area contributed by atoms with Crippen molar-refractivity contribution >= 4 is 29.9 Å². The maximum atomic E-state index is 13.8. The van der Waals surface area contributed by atoms with Crippen LogP contribution in [-0.4, -0.2) is 49.7 Å². The third kappa shape index (κ3) is 6.90. The molecule has 0 aromatic heterocycles. The fourth-order valence-corrected chi connectivity index (χ4v) is 3.05. The van der Waals surface area contributed by atoms with Crippen molar-refractivity contribution in [2.45, 2.75) is 52.2 Å². The Kier molecular flexibility index (Phi) is 10.2. The highest BCUT2D eigenvalue weighted by atomic mass is 127. The van der Waals surface area contributed by atoms with E-state index in [-0.39, 0.29) is 35.5 Å².